The fourth-order valence-electron chi connectivity index (χ4n) is 4.32. The SMILES string of the molecule is NCC1(N2CCC(CN3CCCC3)CC2)CCOCC1. The van der Waals surface area contributed by atoms with Crippen molar-refractivity contribution in [3.05, 3.63) is 0 Å². The Morgan fingerprint density at radius 2 is 1.65 bits per heavy atom. The maximum Gasteiger partial charge on any atom is 0.0484 e. The second-order valence-corrected chi connectivity index (χ2v) is 6.98. The Hall–Kier alpha value is -0.160. The van der Waals surface area contributed by atoms with Crippen molar-refractivity contribution < 1.29 is 4.74 Å². The number of piperidine rings is 1. The lowest BCUT2D eigenvalue weighted by molar-refractivity contribution is -0.0386. The smallest absolute Gasteiger partial charge is 0.0484 e. The van der Waals surface area contributed by atoms with Crippen LogP contribution in [0.4, 0.5) is 0 Å². The van der Waals surface area contributed by atoms with Crippen molar-refractivity contribution in [3.8, 4) is 0 Å². The van der Waals surface area contributed by atoms with E-state index in [1.165, 1.54) is 58.4 Å². The van der Waals surface area contributed by atoms with Gasteiger partial charge in [-0.05, 0) is 70.6 Å². The number of ether oxygens (including phenoxy) is 1. The molecule has 4 nitrogen and oxygen atoms in total. The van der Waals surface area contributed by atoms with Crippen molar-refractivity contribution in [3.63, 3.8) is 0 Å². The maximum absolute atomic E-state index is 6.13. The molecule has 2 N–H and O–H groups in total. The van der Waals surface area contributed by atoms with Gasteiger partial charge in [-0.15, -0.1) is 0 Å². The summed E-state index contributed by atoms with van der Waals surface area (Å²) in [6.07, 6.45) is 7.79. The minimum absolute atomic E-state index is 0.247. The molecule has 0 bridgehead atoms. The third kappa shape index (κ3) is 3.19. The van der Waals surface area contributed by atoms with Crippen molar-refractivity contribution >= 4 is 0 Å². The van der Waals surface area contributed by atoms with Gasteiger partial charge in [-0.1, -0.05) is 0 Å². The third-order valence-electron chi connectivity index (χ3n) is 5.80. The number of rotatable bonds is 4. The lowest BCUT2D eigenvalue weighted by Crippen LogP contribution is -2.59. The number of hydrogen-bond donors (Lipinski definition) is 1. The van der Waals surface area contributed by atoms with Crippen LogP contribution in [0.1, 0.15) is 38.5 Å². The van der Waals surface area contributed by atoms with E-state index in [1.807, 2.05) is 0 Å². The molecular formula is C16H31N3O. The molecule has 3 rings (SSSR count). The third-order valence-corrected chi connectivity index (χ3v) is 5.80. The van der Waals surface area contributed by atoms with Gasteiger partial charge < -0.3 is 15.4 Å². The second kappa shape index (κ2) is 6.73. The fourth-order valence-corrected chi connectivity index (χ4v) is 4.32. The highest BCUT2D eigenvalue weighted by Crippen LogP contribution is 2.31. The lowest BCUT2D eigenvalue weighted by Gasteiger charge is -2.48. The molecule has 0 spiro atoms. The first kappa shape index (κ1) is 14.8. The van der Waals surface area contributed by atoms with Gasteiger partial charge in [0.1, 0.15) is 0 Å². The van der Waals surface area contributed by atoms with Crippen molar-refractivity contribution in [2.24, 2.45) is 11.7 Å². The molecule has 3 aliphatic heterocycles. The van der Waals surface area contributed by atoms with E-state index in [2.05, 4.69) is 9.80 Å². The van der Waals surface area contributed by atoms with Gasteiger partial charge in [0.15, 0.2) is 0 Å². The molecule has 0 aromatic heterocycles. The first-order chi connectivity index (χ1) is 9.82. The fraction of sp³-hybridized carbons (Fsp3) is 1.00. The predicted octanol–water partition coefficient (Wildman–Crippen LogP) is 1.30. The van der Waals surface area contributed by atoms with Gasteiger partial charge >= 0.3 is 0 Å². The van der Waals surface area contributed by atoms with Crippen LogP contribution in [0.3, 0.4) is 0 Å². The summed E-state index contributed by atoms with van der Waals surface area (Å²) in [4.78, 5) is 5.36. The quantitative estimate of drug-likeness (QED) is 0.843. The molecule has 0 radical (unpaired) electrons. The highest BCUT2D eigenvalue weighted by molar-refractivity contribution is 4.95. The Morgan fingerprint density at radius 3 is 2.25 bits per heavy atom. The van der Waals surface area contributed by atoms with Crippen LogP contribution in [-0.4, -0.2) is 67.8 Å². The van der Waals surface area contributed by atoms with Gasteiger partial charge in [0.2, 0.25) is 0 Å². The van der Waals surface area contributed by atoms with Crippen LogP contribution >= 0.6 is 0 Å². The molecule has 0 atom stereocenters. The summed E-state index contributed by atoms with van der Waals surface area (Å²) >= 11 is 0. The van der Waals surface area contributed by atoms with E-state index in [9.17, 15) is 0 Å². The van der Waals surface area contributed by atoms with Crippen LogP contribution in [0.5, 0.6) is 0 Å². The normalized spacial score (nSPS) is 29.9. The molecule has 0 unspecified atom stereocenters. The van der Waals surface area contributed by atoms with Gasteiger partial charge in [0, 0.05) is 31.8 Å². The van der Waals surface area contributed by atoms with Gasteiger partial charge in [0.25, 0.3) is 0 Å². The Bertz CT molecular complexity index is 290. The molecule has 0 aliphatic carbocycles. The Labute approximate surface area is 123 Å². The van der Waals surface area contributed by atoms with Crippen LogP contribution in [0.15, 0.2) is 0 Å². The van der Waals surface area contributed by atoms with E-state index in [0.717, 1.165) is 38.5 Å². The summed E-state index contributed by atoms with van der Waals surface area (Å²) in [5.74, 6) is 0.916. The molecule has 0 aromatic carbocycles. The van der Waals surface area contributed by atoms with E-state index in [4.69, 9.17) is 10.5 Å². The first-order valence-corrected chi connectivity index (χ1v) is 8.58. The summed E-state index contributed by atoms with van der Waals surface area (Å²) in [6.45, 7) is 9.09. The Balaban J connectivity index is 1.49. The topological polar surface area (TPSA) is 41.7 Å². The lowest BCUT2D eigenvalue weighted by atomic mass is 9.84. The second-order valence-electron chi connectivity index (χ2n) is 6.98. The van der Waals surface area contributed by atoms with Crippen molar-refractivity contribution in [1.82, 2.24) is 9.80 Å². The Morgan fingerprint density at radius 1 is 1.00 bits per heavy atom. The molecule has 116 valence electrons. The minimum Gasteiger partial charge on any atom is -0.381 e. The number of nitrogens with zero attached hydrogens (tertiary/aromatic N) is 2. The van der Waals surface area contributed by atoms with Crippen molar-refractivity contribution in [2.45, 2.75) is 44.1 Å². The van der Waals surface area contributed by atoms with Gasteiger partial charge in [-0.25, -0.2) is 0 Å². The van der Waals surface area contributed by atoms with E-state index in [0.29, 0.717) is 0 Å². The van der Waals surface area contributed by atoms with Crippen molar-refractivity contribution in [1.29, 1.82) is 0 Å². The highest BCUT2D eigenvalue weighted by Gasteiger charge is 2.39. The van der Waals surface area contributed by atoms with E-state index in [-0.39, 0.29) is 5.54 Å². The number of nitrogens with two attached hydrogens (primary N) is 1. The highest BCUT2D eigenvalue weighted by atomic mass is 16.5. The largest absolute Gasteiger partial charge is 0.381 e. The van der Waals surface area contributed by atoms with E-state index in [1.54, 1.807) is 0 Å². The van der Waals surface area contributed by atoms with Crippen LogP contribution in [0, 0.1) is 5.92 Å². The average Bonchev–Trinajstić information content (AvgIpc) is 3.02. The average molecular weight is 281 g/mol. The summed E-state index contributed by atoms with van der Waals surface area (Å²) in [5.41, 5.74) is 6.38. The molecule has 0 saturated carbocycles. The summed E-state index contributed by atoms with van der Waals surface area (Å²) in [6, 6.07) is 0. The summed E-state index contributed by atoms with van der Waals surface area (Å²) in [5, 5.41) is 0. The zero-order valence-electron chi connectivity index (χ0n) is 12.9. The standard InChI is InChI=1S/C16H31N3O/c17-14-16(5-11-20-12-6-16)19-9-3-15(4-10-19)13-18-7-1-2-8-18/h15H,1-14,17H2. The predicted molar refractivity (Wildman–Crippen MR) is 81.8 cm³/mol. The van der Waals surface area contributed by atoms with Crippen LogP contribution in [0.2, 0.25) is 0 Å². The molecular weight excluding hydrogens is 250 g/mol. The summed E-state index contributed by atoms with van der Waals surface area (Å²) < 4.78 is 5.54. The van der Waals surface area contributed by atoms with E-state index < -0.39 is 0 Å². The van der Waals surface area contributed by atoms with Crippen LogP contribution in [-0.2, 0) is 4.74 Å². The van der Waals surface area contributed by atoms with Gasteiger partial charge in [-0.3, -0.25) is 4.90 Å². The molecule has 4 heteroatoms. The zero-order chi connectivity index (χ0) is 13.8. The van der Waals surface area contributed by atoms with Gasteiger partial charge in [-0.2, -0.15) is 0 Å². The number of hydrogen-bond acceptors (Lipinski definition) is 4. The van der Waals surface area contributed by atoms with Gasteiger partial charge in [0.05, 0.1) is 0 Å². The maximum atomic E-state index is 6.13. The molecule has 3 aliphatic rings. The van der Waals surface area contributed by atoms with Crippen LogP contribution in [0.25, 0.3) is 0 Å². The minimum atomic E-state index is 0.247. The Kier molecular flexibility index (Phi) is 4.97. The first-order valence-electron chi connectivity index (χ1n) is 8.58. The molecule has 3 saturated heterocycles. The van der Waals surface area contributed by atoms with Crippen molar-refractivity contribution in [2.75, 3.05) is 52.5 Å². The number of likely N-dealkylation sites (tertiary alicyclic amines) is 2. The monoisotopic (exact) mass is 281 g/mol. The molecule has 3 fully saturated rings. The molecule has 3 heterocycles. The molecule has 0 amide bonds. The van der Waals surface area contributed by atoms with E-state index >= 15 is 0 Å². The molecule has 0 aromatic rings. The van der Waals surface area contributed by atoms with Crippen LogP contribution < -0.4 is 5.73 Å². The zero-order valence-corrected chi connectivity index (χ0v) is 12.9. The molecule has 20 heavy (non-hydrogen) atoms. The summed E-state index contributed by atoms with van der Waals surface area (Å²) in [7, 11) is 0.